The molecule has 3 rings (SSSR count). The number of nitrogens with zero attached hydrogens (tertiary/aromatic N) is 3. The number of nitrogen functional groups attached to an aromatic ring is 1. The summed E-state index contributed by atoms with van der Waals surface area (Å²) in [6, 6.07) is 8.21. The number of benzene rings is 1. The van der Waals surface area contributed by atoms with Crippen LogP contribution in [0.2, 0.25) is 0 Å². The van der Waals surface area contributed by atoms with Crippen molar-refractivity contribution in [2.45, 2.75) is 57.9 Å². The summed E-state index contributed by atoms with van der Waals surface area (Å²) in [5, 5.41) is 11.1. The smallest absolute Gasteiger partial charge is 0.275 e. The predicted molar refractivity (Wildman–Crippen MR) is 94.2 cm³/mol. The molecule has 1 heterocycles. The Kier molecular flexibility index (Phi) is 4.83. The molecule has 0 unspecified atom stereocenters. The van der Waals surface area contributed by atoms with E-state index in [1.807, 2.05) is 24.3 Å². The molecule has 0 saturated heterocycles. The summed E-state index contributed by atoms with van der Waals surface area (Å²) in [6.45, 7) is 4.29. The van der Waals surface area contributed by atoms with Gasteiger partial charge < -0.3 is 11.1 Å². The number of hydrogen-bond donors (Lipinski definition) is 2. The molecule has 2 aromatic rings. The van der Waals surface area contributed by atoms with Crippen LogP contribution in [0, 0.1) is 0 Å². The maximum absolute atomic E-state index is 12.4. The molecule has 1 aromatic carbocycles. The minimum atomic E-state index is -0.232. The van der Waals surface area contributed by atoms with Gasteiger partial charge in [0.2, 0.25) is 0 Å². The third-order valence-corrected chi connectivity index (χ3v) is 4.66. The fourth-order valence-electron chi connectivity index (χ4n) is 3.14. The molecule has 1 aliphatic carbocycles. The summed E-state index contributed by atoms with van der Waals surface area (Å²) in [4.78, 5) is 12.4. The molecule has 1 aromatic heterocycles. The summed E-state index contributed by atoms with van der Waals surface area (Å²) < 4.78 is 1.51. The summed E-state index contributed by atoms with van der Waals surface area (Å²) >= 11 is 0. The van der Waals surface area contributed by atoms with Crippen molar-refractivity contribution in [2.24, 2.45) is 0 Å². The largest absolute Gasteiger partial charge is 0.382 e. The first-order chi connectivity index (χ1) is 11.6. The molecule has 0 atom stereocenters. The van der Waals surface area contributed by atoms with Crippen LogP contribution in [0.3, 0.4) is 0 Å². The number of aromatic nitrogens is 3. The van der Waals surface area contributed by atoms with Gasteiger partial charge in [0.1, 0.15) is 0 Å². The summed E-state index contributed by atoms with van der Waals surface area (Å²) in [5.41, 5.74) is 8.37. The van der Waals surface area contributed by atoms with Crippen LogP contribution in [0.15, 0.2) is 24.3 Å². The summed E-state index contributed by atoms with van der Waals surface area (Å²) in [5.74, 6) is 0.508. The third kappa shape index (κ3) is 3.42. The number of anilines is 1. The van der Waals surface area contributed by atoms with E-state index in [4.69, 9.17) is 5.73 Å². The van der Waals surface area contributed by atoms with Crippen LogP contribution in [0.4, 0.5) is 5.82 Å². The lowest BCUT2D eigenvalue weighted by molar-refractivity contribution is 0.0923. The number of carbonyl (C=O) groups is 1. The monoisotopic (exact) mass is 327 g/mol. The van der Waals surface area contributed by atoms with Gasteiger partial charge in [-0.05, 0) is 36.5 Å². The van der Waals surface area contributed by atoms with Crippen LogP contribution >= 0.6 is 0 Å². The average Bonchev–Trinajstić information content (AvgIpc) is 2.97. The van der Waals surface area contributed by atoms with E-state index >= 15 is 0 Å². The quantitative estimate of drug-likeness (QED) is 0.904. The van der Waals surface area contributed by atoms with Gasteiger partial charge in [-0.3, -0.25) is 4.79 Å². The van der Waals surface area contributed by atoms with E-state index in [0.717, 1.165) is 31.4 Å². The van der Waals surface area contributed by atoms with Gasteiger partial charge in [0, 0.05) is 6.04 Å². The van der Waals surface area contributed by atoms with E-state index in [0.29, 0.717) is 5.92 Å². The van der Waals surface area contributed by atoms with Gasteiger partial charge in [-0.25, -0.2) is 0 Å². The highest BCUT2D eigenvalue weighted by Gasteiger charge is 2.22. The number of hydrogen-bond acceptors (Lipinski definition) is 4. The molecule has 1 fully saturated rings. The second kappa shape index (κ2) is 7.03. The SMILES string of the molecule is CC(C)c1ccc(-n2nnc(C(=O)NC3CCCCC3)c2N)cc1. The Morgan fingerprint density at radius 2 is 1.88 bits per heavy atom. The first-order valence-corrected chi connectivity index (χ1v) is 8.68. The van der Waals surface area contributed by atoms with Crippen molar-refractivity contribution in [1.82, 2.24) is 20.3 Å². The van der Waals surface area contributed by atoms with Gasteiger partial charge in [0.05, 0.1) is 5.69 Å². The highest BCUT2D eigenvalue weighted by Crippen LogP contribution is 2.21. The van der Waals surface area contributed by atoms with E-state index in [-0.39, 0.29) is 23.5 Å². The topological polar surface area (TPSA) is 85.8 Å². The van der Waals surface area contributed by atoms with E-state index in [1.54, 1.807) is 0 Å². The van der Waals surface area contributed by atoms with Crippen molar-refractivity contribution in [2.75, 3.05) is 5.73 Å². The van der Waals surface area contributed by atoms with Gasteiger partial charge in [0.15, 0.2) is 11.5 Å². The van der Waals surface area contributed by atoms with Crippen LogP contribution in [0.5, 0.6) is 0 Å². The highest BCUT2D eigenvalue weighted by atomic mass is 16.2. The predicted octanol–water partition coefficient (Wildman–Crippen LogP) is 3.04. The summed E-state index contributed by atoms with van der Waals surface area (Å²) in [6.07, 6.45) is 5.62. The Bertz CT molecular complexity index is 699. The molecule has 6 heteroatoms. The van der Waals surface area contributed by atoms with Crippen molar-refractivity contribution < 1.29 is 4.79 Å². The minimum Gasteiger partial charge on any atom is -0.382 e. The number of carbonyl (C=O) groups excluding carboxylic acids is 1. The third-order valence-electron chi connectivity index (χ3n) is 4.66. The molecule has 0 spiro atoms. The minimum absolute atomic E-state index is 0.202. The molecular weight excluding hydrogens is 302 g/mol. The average molecular weight is 327 g/mol. The Balaban J connectivity index is 1.76. The second-order valence-electron chi connectivity index (χ2n) is 6.79. The van der Waals surface area contributed by atoms with E-state index in [1.165, 1.54) is 16.7 Å². The maximum Gasteiger partial charge on any atom is 0.275 e. The van der Waals surface area contributed by atoms with Crippen LogP contribution < -0.4 is 11.1 Å². The van der Waals surface area contributed by atoms with Gasteiger partial charge in [-0.2, -0.15) is 4.68 Å². The lowest BCUT2D eigenvalue weighted by Crippen LogP contribution is -2.36. The number of rotatable bonds is 4. The zero-order valence-corrected chi connectivity index (χ0v) is 14.3. The molecule has 0 aliphatic heterocycles. The Morgan fingerprint density at radius 3 is 2.50 bits per heavy atom. The van der Waals surface area contributed by atoms with Crippen molar-refractivity contribution in [1.29, 1.82) is 0 Å². The van der Waals surface area contributed by atoms with E-state index < -0.39 is 0 Å². The first kappa shape index (κ1) is 16.5. The second-order valence-corrected chi connectivity index (χ2v) is 6.79. The number of amides is 1. The maximum atomic E-state index is 12.4. The van der Waals surface area contributed by atoms with Crippen LogP contribution in [-0.4, -0.2) is 26.9 Å². The normalized spacial score (nSPS) is 15.6. The Labute approximate surface area is 142 Å². The molecular formula is C18H25N5O. The molecule has 0 radical (unpaired) electrons. The Morgan fingerprint density at radius 1 is 1.21 bits per heavy atom. The van der Waals surface area contributed by atoms with Gasteiger partial charge in [-0.15, -0.1) is 5.10 Å². The van der Waals surface area contributed by atoms with E-state index in [2.05, 4.69) is 29.5 Å². The first-order valence-electron chi connectivity index (χ1n) is 8.68. The van der Waals surface area contributed by atoms with Crippen molar-refractivity contribution in [3.63, 3.8) is 0 Å². The van der Waals surface area contributed by atoms with Gasteiger partial charge in [-0.1, -0.05) is 50.5 Å². The fraction of sp³-hybridized carbons (Fsp3) is 0.500. The van der Waals surface area contributed by atoms with Crippen molar-refractivity contribution >= 4 is 11.7 Å². The van der Waals surface area contributed by atoms with Crippen LogP contribution in [0.1, 0.15) is 67.9 Å². The number of nitrogens with one attached hydrogen (secondary N) is 1. The van der Waals surface area contributed by atoms with Crippen LogP contribution in [0.25, 0.3) is 5.69 Å². The van der Waals surface area contributed by atoms with Gasteiger partial charge >= 0.3 is 0 Å². The lowest BCUT2D eigenvalue weighted by atomic mass is 9.95. The van der Waals surface area contributed by atoms with Crippen LogP contribution in [-0.2, 0) is 0 Å². The number of nitrogens with two attached hydrogens (primary N) is 1. The molecule has 1 amide bonds. The standard InChI is InChI=1S/C18H25N5O/c1-12(2)13-8-10-15(11-9-13)23-17(19)16(21-22-23)18(24)20-14-6-4-3-5-7-14/h8-12,14H,3-7,19H2,1-2H3,(H,20,24). The van der Waals surface area contributed by atoms with E-state index in [9.17, 15) is 4.79 Å². The molecule has 1 aliphatic rings. The molecule has 6 nitrogen and oxygen atoms in total. The molecule has 24 heavy (non-hydrogen) atoms. The zero-order valence-electron chi connectivity index (χ0n) is 14.3. The van der Waals surface area contributed by atoms with Crippen molar-refractivity contribution in [3.05, 3.63) is 35.5 Å². The molecule has 0 bridgehead atoms. The summed E-state index contributed by atoms with van der Waals surface area (Å²) in [7, 11) is 0. The Hall–Kier alpha value is -2.37. The molecule has 3 N–H and O–H groups in total. The molecule has 128 valence electrons. The fourth-order valence-corrected chi connectivity index (χ4v) is 3.14. The van der Waals surface area contributed by atoms with Crippen molar-refractivity contribution in [3.8, 4) is 5.69 Å². The highest BCUT2D eigenvalue weighted by molar-refractivity contribution is 5.96. The zero-order chi connectivity index (χ0) is 17.1. The lowest BCUT2D eigenvalue weighted by Gasteiger charge is -2.22. The van der Waals surface area contributed by atoms with Gasteiger partial charge in [0.25, 0.3) is 5.91 Å². The molecule has 1 saturated carbocycles.